The zero-order chi connectivity index (χ0) is 22.9. The minimum atomic E-state index is -1.26. The summed E-state index contributed by atoms with van der Waals surface area (Å²) in [4.78, 5) is 43.4. The summed E-state index contributed by atoms with van der Waals surface area (Å²) in [6.45, 7) is 5.84. The Morgan fingerprint density at radius 3 is 2.50 bits per heavy atom. The van der Waals surface area contributed by atoms with Gasteiger partial charge in [-0.15, -0.1) is 0 Å². The average Bonchev–Trinajstić information content (AvgIpc) is 2.97. The van der Waals surface area contributed by atoms with E-state index in [0.717, 1.165) is 37.5 Å². The van der Waals surface area contributed by atoms with Crippen molar-refractivity contribution in [3.63, 3.8) is 0 Å². The number of benzene rings is 1. The molecule has 10 heteroatoms. The van der Waals surface area contributed by atoms with Gasteiger partial charge in [-0.25, -0.2) is 9.69 Å². The van der Waals surface area contributed by atoms with Gasteiger partial charge in [0.2, 0.25) is 0 Å². The minimum Gasteiger partial charge on any atom is -0.460 e. The molecular formula is C22H27Cl2N3O5. The summed E-state index contributed by atoms with van der Waals surface area (Å²) in [5.41, 5.74) is -0.949. The summed E-state index contributed by atoms with van der Waals surface area (Å²) in [6.07, 6.45) is 1.58. The molecule has 0 aliphatic carbocycles. The molecule has 3 heterocycles. The molecule has 1 spiro atoms. The zero-order valence-electron chi connectivity index (χ0n) is 18.0. The van der Waals surface area contributed by atoms with E-state index < -0.39 is 23.6 Å². The van der Waals surface area contributed by atoms with Crippen LogP contribution in [0.1, 0.15) is 26.2 Å². The Bertz CT molecular complexity index is 874. The van der Waals surface area contributed by atoms with Crippen LogP contribution in [0, 0.1) is 5.92 Å². The van der Waals surface area contributed by atoms with Crippen molar-refractivity contribution in [1.29, 1.82) is 0 Å². The number of carbonyl (C=O) groups is 3. The highest BCUT2D eigenvalue weighted by Gasteiger charge is 2.63. The van der Waals surface area contributed by atoms with Gasteiger partial charge in [0.1, 0.15) is 6.10 Å². The van der Waals surface area contributed by atoms with Gasteiger partial charge in [-0.1, -0.05) is 23.2 Å². The number of anilines is 1. The number of ether oxygens (including phenoxy) is 2. The third kappa shape index (κ3) is 4.09. The summed E-state index contributed by atoms with van der Waals surface area (Å²) >= 11 is 12.3. The molecule has 3 aliphatic heterocycles. The molecule has 4 rings (SSSR count). The van der Waals surface area contributed by atoms with Crippen molar-refractivity contribution in [3.8, 4) is 0 Å². The van der Waals surface area contributed by atoms with Gasteiger partial charge in [0.25, 0.3) is 12.4 Å². The highest BCUT2D eigenvalue weighted by Crippen LogP contribution is 2.42. The molecule has 0 bridgehead atoms. The Balaban J connectivity index is 1.63. The first-order chi connectivity index (χ1) is 15.4. The second-order valence-electron chi connectivity index (χ2n) is 8.51. The van der Waals surface area contributed by atoms with Gasteiger partial charge >= 0.3 is 6.03 Å². The molecule has 0 N–H and O–H groups in total. The van der Waals surface area contributed by atoms with E-state index in [4.69, 9.17) is 32.7 Å². The molecule has 0 aromatic heterocycles. The predicted octanol–water partition coefficient (Wildman–Crippen LogP) is 3.19. The molecular weight excluding hydrogens is 457 g/mol. The molecule has 8 nitrogen and oxygen atoms in total. The number of imide groups is 1. The van der Waals surface area contributed by atoms with Crippen molar-refractivity contribution in [2.75, 3.05) is 44.3 Å². The van der Waals surface area contributed by atoms with Gasteiger partial charge in [-0.3, -0.25) is 14.5 Å². The van der Waals surface area contributed by atoms with Crippen LogP contribution < -0.4 is 4.90 Å². The van der Waals surface area contributed by atoms with Gasteiger partial charge in [0.15, 0.2) is 5.54 Å². The largest absolute Gasteiger partial charge is 0.460 e. The molecule has 3 fully saturated rings. The third-order valence-electron chi connectivity index (χ3n) is 6.74. The van der Waals surface area contributed by atoms with Gasteiger partial charge in [0, 0.05) is 49.4 Å². The Morgan fingerprint density at radius 2 is 1.88 bits per heavy atom. The van der Waals surface area contributed by atoms with Gasteiger partial charge in [0.05, 0.1) is 5.69 Å². The molecule has 1 aromatic carbocycles. The molecule has 2 atom stereocenters. The van der Waals surface area contributed by atoms with Crippen molar-refractivity contribution in [1.82, 2.24) is 9.80 Å². The number of carbonyl (C=O) groups excluding carboxylic acids is 3. The number of amides is 3. The van der Waals surface area contributed by atoms with E-state index in [1.165, 1.54) is 23.1 Å². The van der Waals surface area contributed by atoms with E-state index in [2.05, 4.69) is 4.90 Å². The number of rotatable bonds is 6. The number of urea groups is 1. The van der Waals surface area contributed by atoms with E-state index >= 15 is 0 Å². The summed E-state index contributed by atoms with van der Waals surface area (Å²) in [7, 11) is 0. The van der Waals surface area contributed by atoms with Gasteiger partial charge in [-0.05, 0) is 50.3 Å². The van der Waals surface area contributed by atoms with Crippen LogP contribution in [0.4, 0.5) is 10.5 Å². The summed E-state index contributed by atoms with van der Waals surface area (Å²) < 4.78 is 10.9. The number of nitrogens with zero attached hydrogens (tertiary/aromatic N) is 3. The van der Waals surface area contributed by atoms with Crippen molar-refractivity contribution in [3.05, 3.63) is 28.2 Å². The molecule has 0 radical (unpaired) electrons. The lowest BCUT2D eigenvalue weighted by molar-refractivity contribution is -0.154. The van der Waals surface area contributed by atoms with Crippen LogP contribution in [0.15, 0.2) is 18.2 Å². The number of likely N-dealkylation sites (tertiary alicyclic amines) is 1. The third-order valence-corrected chi connectivity index (χ3v) is 7.18. The Hall–Kier alpha value is -1.87. The fourth-order valence-corrected chi connectivity index (χ4v) is 5.72. The van der Waals surface area contributed by atoms with Crippen LogP contribution in [0.2, 0.25) is 10.0 Å². The van der Waals surface area contributed by atoms with Crippen molar-refractivity contribution >= 4 is 47.3 Å². The SMILES string of the molecule is CCN1C(=O)N(c2cc(Cl)cc(Cl)c2)C(=O)C12CCN(CC1CCOCC1)CC2OC=O. The van der Waals surface area contributed by atoms with Crippen LogP contribution in [-0.4, -0.2) is 79.2 Å². The number of hydrogen-bond donors (Lipinski definition) is 0. The maximum Gasteiger partial charge on any atom is 0.332 e. The molecule has 3 saturated heterocycles. The zero-order valence-corrected chi connectivity index (χ0v) is 19.5. The standard InChI is InChI=1S/C22H27Cl2N3O5/c1-2-26-21(30)27(18-10-16(23)9-17(24)11-18)20(29)22(26)5-6-25(13-19(22)32-14-28)12-15-3-7-31-8-4-15/h9-11,14-15,19H,2-8,12-13H2,1H3. The van der Waals surface area contributed by atoms with Crippen molar-refractivity contribution in [2.24, 2.45) is 5.92 Å². The van der Waals surface area contributed by atoms with Crippen molar-refractivity contribution in [2.45, 2.75) is 37.8 Å². The summed E-state index contributed by atoms with van der Waals surface area (Å²) in [6, 6.07) is 4.14. The molecule has 32 heavy (non-hydrogen) atoms. The normalized spacial score (nSPS) is 27.4. The number of halogens is 2. The van der Waals surface area contributed by atoms with Crippen LogP contribution >= 0.6 is 23.2 Å². The van der Waals surface area contributed by atoms with E-state index in [1.807, 2.05) is 6.92 Å². The first-order valence-electron chi connectivity index (χ1n) is 10.9. The maximum atomic E-state index is 13.8. The Morgan fingerprint density at radius 1 is 1.19 bits per heavy atom. The monoisotopic (exact) mass is 483 g/mol. The average molecular weight is 484 g/mol. The highest BCUT2D eigenvalue weighted by molar-refractivity contribution is 6.35. The second kappa shape index (κ2) is 9.55. The fourth-order valence-electron chi connectivity index (χ4n) is 5.20. The number of hydrogen-bond acceptors (Lipinski definition) is 6. The smallest absolute Gasteiger partial charge is 0.332 e. The Labute approximate surface area is 197 Å². The molecule has 0 saturated carbocycles. The minimum absolute atomic E-state index is 0.300. The van der Waals surface area contributed by atoms with Crippen molar-refractivity contribution < 1.29 is 23.9 Å². The summed E-state index contributed by atoms with van der Waals surface area (Å²) in [5, 5.41) is 0.646. The maximum absolute atomic E-state index is 13.8. The second-order valence-corrected chi connectivity index (χ2v) is 9.38. The molecule has 174 valence electrons. The van der Waals surface area contributed by atoms with E-state index in [-0.39, 0.29) is 0 Å². The first-order valence-corrected chi connectivity index (χ1v) is 11.7. The lowest BCUT2D eigenvalue weighted by atomic mass is 9.82. The number of piperidine rings is 1. The quantitative estimate of drug-likeness (QED) is 0.456. The topological polar surface area (TPSA) is 79.4 Å². The Kier molecular flexibility index (Phi) is 6.95. The van der Waals surface area contributed by atoms with Crippen LogP contribution in [0.25, 0.3) is 0 Å². The molecule has 2 unspecified atom stereocenters. The van der Waals surface area contributed by atoms with E-state index in [0.29, 0.717) is 54.2 Å². The van der Waals surface area contributed by atoms with Gasteiger partial charge in [-0.2, -0.15) is 0 Å². The number of likely N-dealkylation sites (N-methyl/N-ethyl adjacent to an activating group) is 1. The summed E-state index contributed by atoms with van der Waals surface area (Å²) in [5.74, 6) is 0.0863. The fraction of sp³-hybridized carbons (Fsp3) is 0.591. The first kappa shape index (κ1) is 23.3. The molecule has 3 amide bonds. The predicted molar refractivity (Wildman–Crippen MR) is 120 cm³/mol. The highest BCUT2D eigenvalue weighted by atomic mass is 35.5. The lowest BCUT2D eigenvalue weighted by Crippen LogP contribution is -2.66. The van der Waals surface area contributed by atoms with Crippen LogP contribution in [0.3, 0.4) is 0 Å². The lowest BCUT2D eigenvalue weighted by Gasteiger charge is -2.47. The molecule has 3 aliphatic rings. The van der Waals surface area contributed by atoms with Crippen LogP contribution in [-0.2, 0) is 19.1 Å². The van der Waals surface area contributed by atoms with Crippen LogP contribution in [0.5, 0.6) is 0 Å². The van der Waals surface area contributed by atoms with E-state index in [9.17, 15) is 14.4 Å². The van der Waals surface area contributed by atoms with E-state index in [1.54, 1.807) is 0 Å². The van der Waals surface area contributed by atoms with Gasteiger partial charge < -0.3 is 14.4 Å². The molecule has 1 aromatic rings.